The highest BCUT2D eigenvalue weighted by Crippen LogP contribution is 2.27. The van der Waals surface area contributed by atoms with E-state index in [4.69, 9.17) is 15.2 Å². The van der Waals surface area contributed by atoms with Crippen LogP contribution in [0.5, 0.6) is 0 Å². The zero-order valence-electron chi connectivity index (χ0n) is 18.8. The molecule has 2 aromatic carbocycles. The van der Waals surface area contributed by atoms with E-state index in [0.717, 1.165) is 46.7 Å². The van der Waals surface area contributed by atoms with Gasteiger partial charge in [-0.15, -0.1) is 0 Å². The zero-order chi connectivity index (χ0) is 23.0. The first kappa shape index (κ1) is 22.6. The summed E-state index contributed by atoms with van der Waals surface area (Å²) in [7, 11) is 0. The Kier molecular flexibility index (Phi) is 7.37. The monoisotopic (exact) mass is 443 g/mol. The van der Waals surface area contributed by atoms with Crippen LogP contribution in [0.25, 0.3) is 0 Å². The van der Waals surface area contributed by atoms with Crippen molar-refractivity contribution in [2.75, 3.05) is 18.5 Å². The van der Waals surface area contributed by atoms with Crippen LogP contribution in [0.15, 0.2) is 83.1 Å². The lowest BCUT2D eigenvalue weighted by atomic mass is 10.1. The van der Waals surface area contributed by atoms with Crippen molar-refractivity contribution in [2.45, 2.75) is 32.8 Å². The van der Waals surface area contributed by atoms with Crippen LogP contribution in [-0.4, -0.2) is 25.0 Å². The Morgan fingerprint density at radius 3 is 2.82 bits per heavy atom. The Morgan fingerprint density at radius 1 is 1.18 bits per heavy atom. The van der Waals surface area contributed by atoms with Gasteiger partial charge in [0.1, 0.15) is 12.4 Å². The van der Waals surface area contributed by atoms with Gasteiger partial charge in [-0.05, 0) is 67.3 Å². The molecule has 0 atom stereocenters. The van der Waals surface area contributed by atoms with Gasteiger partial charge in [-0.2, -0.15) is 0 Å². The average Bonchev–Trinajstić information content (AvgIpc) is 3.03. The second kappa shape index (κ2) is 10.8. The van der Waals surface area contributed by atoms with Crippen molar-refractivity contribution in [2.24, 2.45) is 10.7 Å². The third-order valence-corrected chi connectivity index (χ3v) is 5.48. The fourth-order valence-electron chi connectivity index (χ4n) is 3.68. The van der Waals surface area contributed by atoms with E-state index in [2.05, 4.69) is 28.5 Å². The molecular formula is C27H29N3O3. The summed E-state index contributed by atoms with van der Waals surface area (Å²) in [5.74, 6) is 1.24. The van der Waals surface area contributed by atoms with Gasteiger partial charge in [0, 0.05) is 17.7 Å². The Balaban J connectivity index is 1.32. The molecule has 0 saturated heterocycles. The van der Waals surface area contributed by atoms with Crippen molar-refractivity contribution in [3.8, 4) is 0 Å². The van der Waals surface area contributed by atoms with Crippen LogP contribution in [0.3, 0.4) is 0 Å². The van der Waals surface area contributed by atoms with Crippen LogP contribution in [0.4, 0.5) is 11.4 Å². The molecule has 0 aromatic heterocycles. The molecule has 1 amide bonds. The number of rotatable bonds is 8. The molecule has 0 saturated carbocycles. The molecule has 0 fully saturated rings. The summed E-state index contributed by atoms with van der Waals surface area (Å²) in [5.41, 5.74) is 11.7. The summed E-state index contributed by atoms with van der Waals surface area (Å²) in [6.07, 6.45) is 10.2. The third-order valence-electron chi connectivity index (χ3n) is 5.48. The minimum absolute atomic E-state index is 0.0328. The highest BCUT2D eigenvalue weighted by Gasteiger charge is 2.14. The van der Waals surface area contributed by atoms with Gasteiger partial charge >= 0.3 is 0 Å². The van der Waals surface area contributed by atoms with E-state index >= 15 is 0 Å². The number of nitrogens with one attached hydrogen (secondary N) is 1. The van der Waals surface area contributed by atoms with Gasteiger partial charge in [0.25, 0.3) is 5.91 Å². The van der Waals surface area contributed by atoms with E-state index in [1.165, 1.54) is 5.56 Å². The van der Waals surface area contributed by atoms with E-state index in [9.17, 15) is 4.79 Å². The zero-order valence-corrected chi connectivity index (χ0v) is 18.8. The van der Waals surface area contributed by atoms with Gasteiger partial charge in [-0.25, -0.2) is 4.99 Å². The van der Waals surface area contributed by atoms with E-state index in [1.54, 1.807) is 0 Å². The molecular weight excluding hydrogens is 414 g/mol. The molecule has 2 aliphatic rings. The fourth-order valence-corrected chi connectivity index (χ4v) is 3.68. The number of fused-ring (bicyclic) bond motifs is 1. The molecule has 6 nitrogen and oxygen atoms in total. The van der Waals surface area contributed by atoms with Crippen LogP contribution in [-0.2, 0) is 33.7 Å². The number of hydrogen-bond donors (Lipinski definition) is 2. The van der Waals surface area contributed by atoms with Crippen molar-refractivity contribution in [3.63, 3.8) is 0 Å². The number of amides is 1. The number of nitrogens with two attached hydrogens (primary N) is 1. The van der Waals surface area contributed by atoms with Crippen LogP contribution >= 0.6 is 0 Å². The molecule has 0 radical (unpaired) electrons. The SMILES string of the molecule is CC1=CC=CCC=C1OCC(=O)Nc1ccc(CC2=Nc3cc(CCN)ccc3CO2)cc1. The predicted octanol–water partition coefficient (Wildman–Crippen LogP) is 4.74. The van der Waals surface area contributed by atoms with Crippen LogP contribution in [0.2, 0.25) is 0 Å². The van der Waals surface area contributed by atoms with Gasteiger partial charge in [0.05, 0.1) is 5.69 Å². The molecule has 0 bridgehead atoms. The van der Waals surface area contributed by atoms with E-state index in [0.29, 0.717) is 25.5 Å². The molecule has 33 heavy (non-hydrogen) atoms. The number of benzene rings is 2. The van der Waals surface area contributed by atoms with Gasteiger partial charge in [-0.1, -0.05) is 42.5 Å². The Bertz CT molecular complexity index is 1130. The summed E-state index contributed by atoms with van der Waals surface area (Å²) in [6, 6.07) is 13.9. The smallest absolute Gasteiger partial charge is 0.262 e. The lowest BCUT2D eigenvalue weighted by molar-refractivity contribution is -0.119. The predicted molar refractivity (Wildman–Crippen MR) is 131 cm³/mol. The lowest BCUT2D eigenvalue weighted by Crippen LogP contribution is -2.18. The highest BCUT2D eigenvalue weighted by atomic mass is 16.5. The number of aliphatic imine (C=N–C) groups is 1. The van der Waals surface area contributed by atoms with Crippen molar-refractivity contribution in [1.82, 2.24) is 0 Å². The third kappa shape index (κ3) is 6.20. The van der Waals surface area contributed by atoms with Crippen molar-refractivity contribution in [3.05, 3.63) is 94.8 Å². The Hall–Kier alpha value is -3.64. The number of ether oxygens (including phenoxy) is 2. The number of allylic oxidation sites excluding steroid dienone is 5. The largest absolute Gasteiger partial charge is 0.484 e. The van der Waals surface area contributed by atoms with Crippen molar-refractivity contribution in [1.29, 1.82) is 0 Å². The normalized spacial score (nSPS) is 14.8. The standard InChI is InChI=1S/C27H29N3O3/c1-19-5-3-2-4-6-25(19)32-18-26(31)29-23-11-8-20(9-12-23)16-27-30-24-15-21(13-14-28)7-10-22(24)17-33-27/h2-3,5-12,15H,4,13-14,16-18,28H2,1H3,(H,29,31). The molecule has 1 aliphatic carbocycles. The Morgan fingerprint density at radius 2 is 2.00 bits per heavy atom. The number of carbonyl (C=O) groups is 1. The summed E-state index contributed by atoms with van der Waals surface area (Å²) in [6.45, 7) is 3.07. The minimum atomic E-state index is -0.196. The topological polar surface area (TPSA) is 85.9 Å². The first-order valence-corrected chi connectivity index (χ1v) is 11.2. The summed E-state index contributed by atoms with van der Waals surface area (Å²) < 4.78 is 11.5. The van der Waals surface area contributed by atoms with Crippen LogP contribution in [0, 0.1) is 0 Å². The summed E-state index contributed by atoms with van der Waals surface area (Å²) in [4.78, 5) is 17.0. The second-order valence-corrected chi connectivity index (χ2v) is 8.09. The van der Waals surface area contributed by atoms with Gasteiger partial charge in [0.15, 0.2) is 12.5 Å². The summed E-state index contributed by atoms with van der Waals surface area (Å²) in [5, 5.41) is 2.88. The van der Waals surface area contributed by atoms with Crippen LogP contribution < -0.4 is 11.1 Å². The quantitative estimate of drug-likeness (QED) is 0.617. The number of nitrogens with zero attached hydrogens (tertiary/aromatic N) is 1. The average molecular weight is 444 g/mol. The molecule has 6 heteroatoms. The maximum Gasteiger partial charge on any atom is 0.262 e. The van der Waals surface area contributed by atoms with Crippen LogP contribution in [0.1, 0.15) is 30.0 Å². The molecule has 3 N–H and O–H groups in total. The second-order valence-electron chi connectivity index (χ2n) is 8.09. The van der Waals surface area contributed by atoms with Gasteiger partial charge in [0.2, 0.25) is 0 Å². The molecule has 1 heterocycles. The maximum absolute atomic E-state index is 12.3. The van der Waals surface area contributed by atoms with Gasteiger partial charge < -0.3 is 20.5 Å². The number of anilines is 1. The molecule has 170 valence electrons. The molecule has 1 aliphatic heterocycles. The summed E-state index contributed by atoms with van der Waals surface area (Å²) >= 11 is 0. The van der Waals surface area contributed by atoms with Crippen molar-refractivity contribution < 1.29 is 14.3 Å². The molecule has 0 spiro atoms. The first-order valence-electron chi connectivity index (χ1n) is 11.2. The van der Waals surface area contributed by atoms with Crippen molar-refractivity contribution >= 4 is 23.2 Å². The van der Waals surface area contributed by atoms with E-state index in [-0.39, 0.29) is 12.5 Å². The maximum atomic E-state index is 12.3. The molecule has 2 aromatic rings. The lowest BCUT2D eigenvalue weighted by Gasteiger charge is -2.18. The first-order chi connectivity index (χ1) is 16.1. The number of hydrogen-bond acceptors (Lipinski definition) is 5. The van der Waals surface area contributed by atoms with Gasteiger partial charge in [-0.3, -0.25) is 4.79 Å². The molecule has 4 rings (SSSR count). The number of carbonyl (C=O) groups excluding carboxylic acids is 1. The van der Waals surface area contributed by atoms with E-state index in [1.807, 2.05) is 55.5 Å². The Labute approximate surface area is 194 Å². The highest BCUT2D eigenvalue weighted by molar-refractivity contribution is 5.92. The van der Waals surface area contributed by atoms with E-state index < -0.39 is 0 Å². The fraction of sp³-hybridized carbons (Fsp3) is 0.259. The molecule has 0 unspecified atom stereocenters. The minimum Gasteiger partial charge on any atom is -0.484 e.